The van der Waals surface area contributed by atoms with E-state index in [2.05, 4.69) is 108 Å². The Hall–Kier alpha value is 2.80. The van der Waals surface area contributed by atoms with E-state index in [0.29, 0.717) is 0 Å². The Morgan fingerprint density at radius 2 is 1.23 bits per heavy atom. The summed E-state index contributed by atoms with van der Waals surface area (Å²) in [5.74, 6) is 6.48. The summed E-state index contributed by atoms with van der Waals surface area (Å²) in [5, 5.41) is 3.15. The summed E-state index contributed by atoms with van der Waals surface area (Å²) in [6.45, 7) is 0. The lowest BCUT2D eigenvalue weighted by atomic mass is 9.76. The standard InChI is InChI=1S/C18H32S8/c1-21-15(17-23-9-11(7-19)25-17)13-5-3-4-6-14(13)16(22-2)18-24-10-12(8-20)26-18/h11-20H,3-10H2,1-2H3. The maximum Gasteiger partial charge on any atom is 0.0627 e. The largest absolute Gasteiger partial charge is 0.178 e. The van der Waals surface area contributed by atoms with Crippen LogP contribution in [0.2, 0.25) is 0 Å². The first-order valence-corrected chi connectivity index (χ1v) is 17.4. The number of hydrogen-bond donors (Lipinski definition) is 2. The SMILES string of the molecule is CSC(C1SCC(CS)S1)C1CCCCC1C(SC)C1SCC(CS)S1. The van der Waals surface area contributed by atoms with Gasteiger partial charge in [-0.15, -0.1) is 47.0 Å². The Morgan fingerprint density at radius 1 is 0.808 bits per heavy atom. The van der Waals surface area contributed by atoms with E-state index in [9.17, 15) is 0 Å². The number of hydrogen-bond acceptors (Lipinski definition) is 8. The molecular weight excluding hydrogens is 473 g/mol. The van der Waals surface area contributed by atoms with Gasteiger partial charge in [0.05, 0.1) is 9.16 Å². The molecule has 0 bridgehead atoms. The molecule has 26 heavy (non-hydrogen) atoms. The smallest absolute Gasteiger partial charge is 0.0627 e. The van der Waals surface area contributed by atoms with Crippen LogP contribution in [0.15, 0.2) is 0 Å². The van der Waals surface area contributed by atoms with Crippen LogP contribution in [0.25, 0.3) is 0 Å². The van der Waals surface area contributed by atoms with Crippen molar-refractivity contribution in [2.24, 2.45) is 11.8 Å². The summed E-state index contributed by atoms with van der Waals surface area (Å²) in [5.41, 5.74) is 0. The van der Waals surface area contributed by atoms with Gasteiger partial charge < -0.3 is 0 Å². The maximum absolute atomic E-state index is 4.57. The molecule has 3 rings (SSSR count). The highest BCUT2D eigenvalue weighted by Crippen LogP contribution is 2.54. The zero-order valence-electron chi connectivity index (χ0n) is 15.6. The summed E-state index contributed by atoms with van der Waals surface area (Å²) in [6.07, 6.45) is 10.5. The molecule has 0 nitrogen and oxygen atoms in total. The molecule has 2 saturated heterocycles. The molecule has 0 radical (unpaired) electrons. The maximum atomic E-state index is 4.57. The van der Waals surface area contributed by atoms with Crippen molar-refractivity contribution >= 4 is 95.8 Å². The van der Waals surface area contributed by atoms with Gasteiger partial charge in [-0.25, -0.2) is 0 Å². The van der Waals surface area contributed by atoms with Gasteiger partial charge in [0.1, 0.15) is 0 Å². The van der Waals surface area contributed by atoms with Crippen molar-refractivity contribution < 1.29 is 0 Å². The molecule has 152 valence electrons. The molecule has 0 aromatic rings. The van der Waals surface area contributed by atoms with Crippen LogP contribution in [-0.2, 0) is 0 Å². The molecule has 3 aliphatic rings. The average Bonchev–Trinajstić information content (AvgIpc) is 3.34. The van der Waals surface area contributed by atoms with Crippen molar-refractivity contribution in [1.82, 2.24) is 0 Å². The molecule has 8 atom stereocenters. The van der Waals surface area contributed by atoms with Gasteiger partial charge >= 0.3 is 0 Å². The fourth-order valence-electron chi connectivity index (χ4n) is 4.46. The van der Waals surface area contributed by atoms with Crippen LogP contribution in [0.1, 0.15) is 25.7 Å². The van der Waals surface area contributed by atoms with Crippen LogP contribution in [0, 0.1) is 11.8 Å². The summed E-state index contributed by atoms with van der Waals surface area (Å²) >= 11 is 22.4. The first kappa shape index (κ1) is 23.5. The summed E-state index contributed by atoms with van der Waals surface area (Å²) < 4.78 is 1.56. The van der Waals surface area contributed by atoms with Gasteiger partial charge in [0.15, 0.2) is 0 Å². The molecule has 2 aliphatic heterocycles. The van der Waals surface area contributed by atoms with Crippen molar-refractivity contribution in [2.75, 3.05) is 35.5 Å². The zero-order valence-corrected chi connectivity index (χ0v) is 22.3. The van der Waals surface area contributed by atoms with E-state index in [4.69, 9.17) is 0 Å². The molecule has 0 N–H and O–H groups in total. The van der Waals surface area contributed by atoms with Gasteiger partial charge in [-0.2, -0.15) is 48.8 Å². The van der Waals surface area contributed by atoms with E-state index in [-0.39, 0.29) is 0 Å². The highest BCUT2D eigenvalue weighted by molar-refractivity contribution is 8.22. The molecule has 2 heterocycles. The Morgan fingerprint density at radius 3 is 1.54 bits per heavy atom. The van der Waals surface area contributed by atoms with Gasteiger partial charge in [-0.3, -0.25) is 0 Å². The van der Waals surface area contributed by atoms with Gasteiger partial charge in [-0.05, 0) is 37.2 Å². The van der Waals surface area contributed by atoms with Gasteiger partial charge in [0.2, 0.25) is 0 Å². The van der Waals surface area contributed by atoms with Crippen LogP contribution in [-0.4, -0.2) is 65.7 Å². The molecule has 8 unspecified atom stereocenters. The molecule has 0 spiro atoms. The second-order valence-electron chi connectivity index (χ2n) is 7.30. The van der Waals surface area contributed by atoms with E-state index in [0.717, 1.165) is 53.5 Å². The zero-order chi connectivity index (χ0) is 18.5. The third kappa shape index (κ3) is 5.73. The average molecular weight is 505 g/mol. The van der Waals surface area contributed by atoms with Crippen LogP contribution >= 0.6 is 95.8 Å². The molecule has 3 fully saturated rings. The molecular formula is C18H32S8. The minimum atomic E-state index is 0.762. The van der Waals surface area contributed by atoms with Gasteiger partial charge in [0, 0.05) is 44.0 Å². The highest BCUT2D eigenvalue weighted by Gasteiger charge is 2.45. The quantitative estimate of drug-likeness (QED) is 0.361. The molecule has 8 heteroatoms. The Balaban J connectivity index is 1.71. The van der Waals surface area contributed by atoms with Crippen molar-refractivity contribution in [3.8, 4) is 0 Å². The van der Waals surface area contributed by atoms with Crippen molar-refractivity contribution in [1.29, 1.82) is 0 Å². The van der Waals surface area contributed by atoms with Crippen LogP contribution in [0.4, 0.5) is 0 Å². The lowest BCUT2D eigenvalue weighted by Crippen LogP contribution is -2.41. The minimum Gasteiger partial charge on any atom is -0.178 e. The normalized spacial score (nSPS) is 40.6. The van der Waals surface area contributed by atoms with Crippen LogP contribution in [0.3, 0.4) is 0 Å². The summed E-state index contributed by atoms with van der Waals surface area (Å²) in [7, 11) is 0. The Kier molecular flexibility index (Phi) is 10.8. The van der Waals surface area contributed by atoms with Crippen molar-refractivity contribution in [3.63, 3.8) is 0 Å². The highest BCUT2D eigenvalue weighted by atomic mass is 32.2. The summed E-state index contributed by atoms with van der Waals surface area (Å²) in [6, 6.07) is 0. The van der Waals surface area contributed by atoms with E-state index in [1.807, 2.05) is 0 Å². The molecule has 1 saturated carbocycles. The van der Waals surface area contributed by atoms with Gasteiger partial charge in [-0.1, -0.05) is 12.8 Å². The second kappa shape index (κ2) is 12.0. The Bertz CT molecular complexity index is 384. The predicted molar refractivity (Wildman–Crippen MR) is 143 cm³/mol. The minimum absolute atomic E-state index is 0.762. The van der Waals surface area contributed by atoms with E-state index in [1.54, 1.807) is 0 Å². The first-order chi connectivity index (χ1) is 12.7. The van der Waals surface area contributed by atoms with E-state index < -0.39 is 0 Å². The van der Waals surface area contributed by atoms with Crippen LogP contribution in [0.5, 0.6) is 0 Å². The molecule has 0 aromatic heterocycles. The first-order valence-electron chi connectivity index (χ1n) is 9.53. The van der Waals surface area contributed by atoms with Crippen molar-refractivity contribution in [2.45, 2.75) is 55.8 Å². The van der Waals surface area contributed by atoms with Crippen molar-refractivity contribution in [3.05, 3.63) is 0 Å². The lowest BCUT2D eigenvalue weighted by molar-refractivity contribution is 0.234. The lowest BCUT2D eigenvalue weighted by Gasteiger charge is -2.43. The fraction of sp³-hybridized carbons (Fsp3) is 1.00. The molecule has 0 aromatic carbocycles. The molecule has 1 aliphatic carbocycles. The second-order valence-corrected chi connectivity index (χ2v) is 15.9. The fourth-order valence-corrected chi connectivity index (χ4v) is 16.2. The monoisotopic (exact) mass is 504 g/mol. The van der Waals surface area contributed by atoms with E-state index in [1.165, 1.54) is 37.2 Å². The van der Waals surface area contributed by atoms with Gasteiger partial charge in [0.25, 0.3) is 0 Å². The summed E-state index contributed by atoms with van der Waals surface area (Å²) in [4.78, 5) is 0. The molecule has 0 amide bonds. The third-order valence-corrected chi connectivity index (χ3v) is 17.0. The third-order valence-electron chi connectivity index (χ3n) is 5.75. The topological polar surface area (TPSA) is 0 Å². The van der Waals surface area contributed by atoms with E-state index >= 15 is 0 Å². The van der Waals surface area contributed by atoms with Crippen LogP contribution < -0.4 is 0 Å². The number of rotatable bonds is 8. The number of thioether (sulfide) groups is 6. The number of thiol groups is 2. The Labute approximate surface area is 197 Å². The predicted octanol–water partition coefficient (Wildman–Crippen LogP) is 6.47.